The Hall–Kier alpha value is -2.04. The zero-order valence-corrected chi connectivity index (χ0v) is 12.7. The van der Waals surface area contributed by atoms with Crippen LogP contribution in [0.2, 0.25) is 0 Å². The summed E-state index contributed by atoms with van der Waals surface area (Å²) in [6.07, 6.45) is 1.77. The lowest BCUT2D eigenvalue weighted by molar-refractivity contribution is -0.138. The van der Waals surface area contributed by atoms with Gasteiger partial charge >= 0.3 is 12.0 Å². The van der Waals surface area contributed by atoms with E-state index in [1.54, 1.807) is 29.2 Å². The van der Waals surface area contributed by atoms with Crippen LogP contribution in [0.3, 0.4) is 0 Å². The molecule has 0 radical (unpaired) electrons. The van der Waals surface area contributed by atoms with Crippen molar-refractivity contribution < 1.29 is 14.7 Å². The zero-order chi connectivity index (χ0) is 15.7. The molecule has 5 heteroatoms. The number of carbonyl (C=O) groups excluding carboxylic acids is 1. The third-order valence-corrected chi connectivity index (χ3v) is 3.23. The molecule has 0 spiro atoms. The van der Waals surface area contributed by atoms with Gasteiger partial charge in [-0.05, 0) is 18.4 Å². The molecular weight excluding hydrogens is 268 g/mol. The molecule has 5 nitrogen and oxygen atoms in total. The van der Waals surface area contributed by atoms with Crippen LogP contribution in [-0.4, -0.2) is 41.6 Å². The molecule has 1 unspecified atom stereocenters. The van der Waals surface area contributed by atoms with Gasteiger partial charge in [0.1, 0.15) is 0 Å². The highest BCUT2D eigenvalue weighted by Crippen LogP contribution is 2.14. The second-order valence-corrected chi connectivity index (χ2v) is 4.97. The van der Waals surface area contributed by atoms with Crippen molar-refractivity contribution in [3.05, 3.63) is 35.9 Å². The van der Waals surface area contributed by atoms with Crippen LogP contribution in [0.4, 0.5) is 4.79 Å². The van der Waals surface area contributed by atoms with Crippen LogP contribution >= 0.6 is 0 Å². The fraction of sp³-hybridized carbons (Fsp3) is 0.500. The summed E-state index contributed by atoms with van der Waals surface area (Å²) in [6.45, 7) is 5.49. The minimum absolute atomic E-state index is 0.0993. The topological polar surface area (TPSA) is 69.6 Å². The highest BCUT2D eigenvalue weighted by Gasteiger charge is 2.21. The van der Waals surface area contributed by atoms with Crippen molar-refractivity contribution in [2.45, 2.75) is 32.6 Å². The van der Waals surface area contributed by atoms with E-state index in [9.17, 15) is 14.7 Å². The van der Waals surface area contributed by atoms with Crippen LogP contribution in [0, 0.1) is 0 Å². The van der Waals surface area contributed by atoms with Crippen LogP contribution in [0.25, 0.3) is 0 Å². The summed E-state index contributed by atoms with van der Waals surface area (Å²) in [4.78, 5) is 25.2. The van der Waals surface area contributed by atoms with Crippen molar-refractivity contribution in [1.82, 2.24) is 10.2 Å². The lowest BCUT2D eigenvalue weighted by atomic mass is 9.99. The number of nitrogens with one attached hydrogen (secondary N) is 1. The van der Waals surface area contributed by atoms with E-state index in [2.05, 4.69) is 5.32 Å². The van der Waals surface area contributed by atoms with Crippen molar-refractivity contribution in [1.29, 1.82) is 0 Å². The summed E-state index contributed by atoms with van der Waals surface area (Å²) in [5.74, 6) is -1.65. The molecule has 1 aromatic rings. The first-order chi connectivity index (χ1) is 10.1. The van der Waals surface area contributed by atoms with Gasteiger partial charge in [-0.2, -0.15) is 0 Å². The molecule has 0 aromatic heterocycles. The molecule has 2 N–H and O–H groups in total. The molecule has 1 atom stereocenters. The molecule has 0 fully saturated rings. The highest BCUT2D eigenvalue weighted by molar-refractivity contribution is 5.79. The van der Waals surface area contributed by atoms with Gasteiger partial charge in [-0.1, -0.05) is 44.2 Å². The van der Waals surface area contributed by atoms with Gasteiger partial charge in [-0.3, -0.25) is 4.79 Å². The van der Waals surface area contributed by atoms with Crippen LogP contribution in [0.1, 0.15) is 38.2 Å². The smallest absolute Gasteiger partial charge is 0.317 e. The predicted molar refractivity (Wildman–Crippen MR) is 82.4 cm³/mol. The number of amides is 2. The molecule has 0 bridgehead atoms. The van der Waals surface area contributed by atoms with Crippen LogP contribution < -0.4 is 5.32 Å². The second kappa shape index (κ2) is 9.00. The standard InChI is InChI=1S/C16H24N2O3/c1-3-10-18(11-4-2)16(21)17-12-14(15(19)20)13-8-6-5-7-9-13/h5-9,14H,3-4,10-12H2,1-2H3,(H,17,21)(H,19,20). The van der Waals surface area contributed by atoms with Crippen molar-refractivity contribution in [3.8, 4) is 0 Å². The SMILES string of the molecule is CCCN(CCC)C(=O)NCC(C(=O)O)c1ccccc1. The van der Waals surface area contributed by atoms with Gasteiger partial charge in [0, 0.05) is 19.6 Å². The molecule has 0 aliphatic carbocycles. The van der Waals surface area contributed by atoms with Gasteiger partial charge in [0.25, 0.3) is 0 Å². The van der Waals surface area contributed by atoms with Crippen molar-refractivity contribution in [2.24, 2.45) is 0 Å². The number of aliphatic carboxylic acids is 1. The Kier molecular flexibility index (Phi) is 7.29. The lowest BCUT2D eigenvalue weighted by Crippen LogP contribution is -2.43. The maximum atomic E-state index is 12.1. The number of hydrogen-bond acceptors (Lipinski definition) is 2. The summed E-state index contributed by atoms with van der Waals surface area (Å²) >= 11 is 0. The van der Waals surface area contributed by atoms with Crippen LogP contribution in [0.5, 0.6) is 0 Å². The average molecular weight is 292 g/mol. The number of nitrogens with zero attached hydrogens (tertiary/aromatic N) is 1. The first kappa shape index (κ1) is 17.0. The lowest BCUT2D eigenvalue weighted by Gasteiger charge is -2.23. The van der Waals surface area contributed by atoms with Crippen LogP contribution in [-0.2, 0) is 4.79 Å². The zero-order valence-electron chi connectivity index (χ0n) is 12.7. The van der Waals surface area contributed by atoms with E-state index in [1.807, 2.05) is 19.9 Å². The largest absolute Gasteiger partial charge is 0.481 e. The average Bonchev–Trinajstić information content (AvgIpc) is 2.48. The minimum atomic E-state index is -0.931. The Labute approximate surface area is 126 Å². The van der Waals surface area contributed by atoms with Crippen LogP contribution in [0.15, 0.2) is 30.3 Å². The summed E-state index contributed by atoms with van der Waals surface area (Å²) in [5, 5.41) is 12.1. The normalized spacial score (nSPS) is 11.7. The maximum Gasteiger partial charge on any atom is 0.317 e. The summed E-state index contributed by atoms with van der Waals surface area (Å²) in [6, 6.07) is 8.77. The number of carboxylic acid groups (broad SMARTS) is 1. The van der Waals surface area contributed by atoms with Crippen molar-refractivity contribution in [3.63, 3.8) is 0 Å². The van der Waals surface area contributed by atoms with Gasteiger partial charge in [-0.15, -0.1) is 0 Å². The van der Waals surface area contributed by atoms with Gasteiger partial charge in [0.2, 0.25) is 0 Å². The molecule has 2 amide bonds. The van der Waals surface area contributed by atoms with E-state index < -0.39 is 11.9 Å². The van der Waals surface area contributed by atoms with Gasteiger partial charge < -0.3 is 15.3 Å². The fourth-order valence-electron chi connectivity index (χ4n) is 2.19. The summed E-state index contributed by atoms with van der Waals surface area (Å²) in [7, 11) is 0. The second-order valence-electron chi connectivity index (χ2n) is 4.97. The Morgan fingerprint density at radius 2 is 1.71 bits per heavy atom. The molecule has 21 heavy (non-hydrogen) atoms. The fourth-order valence-corrected chi connectivity index (χ4v) is 2.19. The molecule has 1 aromatic carbocycles. The third kappa shape index (κ3) is 5.45. The molecule has 0 saturated carbocycles. The predicted octanol–water partition coefficient (Wildman–Crippen LogP) is 2.69. The number of carbonyl (C=O) groups is 2. The van der Waals surface area contributed by atoms with Crippen molar-refractivity contribution >= 4 is 12.0 Å². The Bertz CT molecular complexity index is 442. The summed E-state index contributed by atoms with van der Waals surface area (Å²) in [5.41, 5.74) is 0.697. The highest BCUT2D eigenvalue weighted by atomic mass is 16.4. The van der Waals surface area contributed by atoms with E-state index in [-0.39, 0.29) is 12.6 Å². The molecule has 116 valence electrons. The van der Waals surface area contributed by atoms with E-state index in [1.165, 1.54) is 0 Å². The molecular formula is C16H24N2O3. The first-order valence-corrected chi connectivity index (χ1v) is 7.40. The number of rotatable bonds is 8. The first-order valence-electron chi connectivity index (χ1n) is 7.40. The number of carboxylic acids is 1. The molecule has 0 aliphatic rings. The number of urea groups is 1. The van der Waals surface area contributed by atoms with Gasteiger partial charge in [0.05, 0.1) is 5.92 Å². The third-order valence-electron chi connectivity index (χ3n) is 3.23. The molecule has 1 rings (SSSR count). The molecule has 0 saturated heterocycles. The van der Waals surface area contributed by atoms with E-state index >= 15 is 0 Å². The molecule has 0 heterocycles. The number of hydrogen-bond donors (Lipinski definition) is 2. The maximum absolute atomic E-state index is 12.1. The minimum Gasteiger partial charge on any atom is -0.481 e. The van der Waals surface area contributed by atoms with Gasteiger partial charge in [0.15, 0.2) is 0 Å². The van der Waals surface area contributed by atoms with Crippen molar-refractivity contribution in [2.75, 3.05) is 19.6 Å². The Morgan fingerprint density at radius 3 is 2.19 bits per heavy atom. The van der Waals surface area contributed by atoms with E-state index in [0.29, 0.717) is 18.7 Å². The number of benzene rings is 1. The van der Waals surface area contributed by atoms with E-state index in [4.69, 9.17) is 0 Å². The monoisotopic (exact) mass is 292 g/mol. The van der Waals surface area contributed by atoms with E-state index in [0.717, 1.165) is 12.8 Å². The van der Waals surface area contributed by atoms with Gasteiger partial charge in [-0.25, -0.2) is 4.79 Å². The quantitative estimate of drug-likeness (QED) is 0.774. The molecule has 0 aliphatic heterocycles. The summed E-state index contributed by atoms with van der Waals surface area (Å²) < 4.78 is 0. The Balaban J connectivity index is 2.65. The Morgan fingerprint density at radius 1 is 1.14 bits per heavy atom.